The lowest BCUT2D eigenvalue weighted by Crippen LogP contribution is -2.55. The van der Waals surface area contributed by atoms with Gasteiger partial charge in [-0.15, -0.1) is 0 Å². The fraction of sp³-hybridized carbons (Fsp3) is 0.625. The SMILES string of the molecule is CC(C)CN1CCN(C(=O)c2cc(C#N)c[nH]2)CC1CCO. The van der Waals surface area contributed by atoms with Crippen molar-refractivity contribution in [1.29, 1.82) is 5.26 Å². The Kier molecular flexibility index (Phi) is 5.58. The van der Waals surface area contributed by atoms with Gasteiger partial charge in [0.05, 0.1) is 5.56 Å². The Labute approximate surface area is 131 Å². The Hall–Kier alpha value is -1.84. The first-order valence-corrected chi connectivity index (χ1v) is 7.77. The van der Waals surface area contributed by atoms with Gasteiger partial charge in [0.25, 0.3) is 5.91 Å². The highest BCUT2D eigenvalue weighted by atomic mass is 16.3. The van der Waals surface area contributed by atoms with Crippen molar-refractivity contribution in [2.75, 3.05) is 32.8 Å². The Morgan fingerprint density at radius 1 is 1.55 bits per heavy atom. The number of hydrogen-bond acceptors (Lipinski definition) is 4. The predicted octanol–water partition coefficient (Wildman–Crippen LogP) is 1.05. The van der Waals surface area contributed by atoms with Crippen LogP contribution in [0.5, 0.6) is 0 Å². The van der Waals surface area contributed by atoms with Crippen molar-refractivity contribution in [3.63, 3.8) is 0 Å². The minimum atomic E-state index is -0.0753. The molecular formula is C16H24N4O2. The molecule has 2 rings (SSSR count). The van der Waals surface area contributed by atoms with E-state index in [1.54, 1.807) is 12.3 Å². The largest absolute Gasteiger partial charge is 0.396 e. The average Bonchev–Trinajstić information content (AvgIpc) is 2.97. The molecule has 120 valence electrons. The lowest BCUT2D eigenvalue weighted by Gasteiger charge is -2.42. The highest BCUT2D eigenvalue weighted by Gasteiger charge is 2.30. The molecule has 1 aromatic rings. The van der Waals surface area contributed by atoms with E-state index in [0.29, 0.717) is 36.7 Å². The van der Waals surface area contributed by atoms with E-state index in [-0.39, 0.29) is 18.6 Å². The summed E-state index contributed by atoms with van der Waals surface area (Å²) in [6.45, 7) is 7.57. The Balaban J connectivity index is 2.04. The number of nitrogens with one attached hydrogen (secondary N) is 1. The molecule has 1 aromatic heterocycles. The number of carbonyl (C=O) groups is 1. The van der Waals surface area contributed by atoms with Crippen molar-refractivity contribution in [3.05, 3.63) is 23.5 Å². The molecule has 1 aliphatic rings. The first-order valence-electron chi connectivity index (χ1n) is 7.77. The summed E-state index contributed by atoms with van der Waals surface area (Å²) < 4.78 is 0. The number of H-pyrrole nitrogens is 1. The topological polar surface area (TPSA) is 83.4 Å². The third-order valence-electron chi connectivity index (χ3n) is 4.00. The van der Waals surface area contributed by atoms with E-state index in [1.165, 1.54) is 0 Å². The van der Waals surface area contributed by atoms with Gasteiger partial charge in [0.1, 0.15) is 11.8 Å². The van der Waals surface area contributed by atoms with Crippen LogP contribution in [0, 0.1) is 17.2 Å². The minimum absolute atomic E-state index is 0.0753. The van der Waals surface area contributed by atoms with Crippen LogP contribution in [0.2, 0.25) is 0 Å². The maximum Gasteiger partial charge on any atom is 0.270 e. The van der Waals surface area contributed by atoms with Crippen LogP contribution in [0.3, 0.4) is 0 Å². The van der Waals surface area contributed by atoms with Crippen LogP contribution in [0.15, 0.2) is 12.3 Å². The zero-order valence-corrected chi connectivity index (χ0v) is 13.2. The van der Waals surface area contributed by atoms with E-state index in [4.69, 9.17) is 5.26 Å². The predicted molar refractivity (Wildman–Crippen MR) is 83.3 cm³/mol. The van der Waals surface area contributed by atoms with E-state index in [2.05, 4.69) is 23.7 Å². The first-order chi connectivity index (χ1) is 10.5. The van der Waals surface area contributed by atoms with E-state index in [0.717, 1.165) is 13.1 Å². The molecule has 0 aliphatic carbocycles. The number of hydrogen-bond donors (Lipinski definition) is 2. The van der Waals surface area contributed by atoms with Gasteiger partial charge in [-0.05, 0) is 18.4 Å². The van der Waals surface area contributed by atoms with Crippen LogP contribution < -0.4 is 0 Å². The number of aliphatic hydroxyl groups is 1. The maximum absolute atomic E-state index is 12.5. The summed E-state index contributed by atoms with van der Waals surface area (Å²) >= 11 is 0. The molecule has 2 heterocycles. The van der Waals surface area contributed by atoms with E-state index in [1.807, 2.05) is 11.0 Å². The quantitative estimate of drug-likeness (QED) is 0.852. The number of amides is 1. The van der Waals surface area contributed by atoms with Gasteiger partial charge in [-0.2, -0.15) is 5.26 Å². The van der Waals surface area contributed by atoms with Gasteiger partial charge in [-0.3, -0.25) is 9.69 Å². The number of carbonyl (C=O) groups excluding carboxylic acids is 1. The minimum Gasteiger partial charge on any atom is -0.396 e. The van der Waals surface area contributed by atoms with Crippen LogP contribution >= 0.6 is 0 Å². The molecule has 1 fully saturated rings. The zero-order chi connectivity index (χ0) is 16.1. The molecule has 1 atom stereocenters. The second kappa shape index (κ2) is 7.43. The average molecular weight is 304 g/mol. The van der Waals surface area contributed by atoms with Crippen molar-refractivity contribution in [2.45, 2.75) is 26.3 Å². The second-order valence-corrected chi connectivity index (χ2v) is 6.22. The molecule has 6 heteroatoms. The molecule has 0 spiro atoms. The fourth-order valence-corrected chi connectivity index (χ4v) is 2.96. The number of aromatic amines is 1. The number of aliphatic hydroxyl groups excluding tert-OH is 1. The van der Waals surface area contributed by atoms with Crippen molar-refractivity contribution >= 4 is 5.91 Å². The van der Waals surface area contributed by atoms with Crippen LogP contribution in [0.4, 0.5) is 0 Å². The number of aromatic nitrogens is 1. The van der Waals surface area contributed by atoms with Gasteiger partial charge in [-0.1, -0.05) is 13.8 Å². The van der Waals surface area contributed by atoms with Crippen LogP contribution in [0.1, 0.15) is 36.3 Å². The zero-order valence-electron chi connectivity index (χ0n) is 13.2. The van der Waals surface area contributed by atoms with Crippen molar-refractivity contribution in [3.8, 4) is 6.07 Å². The van der Waals surface area contributed by atoms with Gasteiger partial charge in [-0.25, -0.2) is 0 Å². The summed E-state index contributed by atoms with van der Waals surface area (Å²) in [6.07, 6.45) is 2.22. The van der Waals surface area contributed by atoms with E-state index in [9.17, 15) is 9.90 Å². The summed E-state index contributed by atoms with van der Waals surface area (Å²) in [5.74, 6) is 0.485. The monoisotopic (exact) mass is 304 g/mol. The third kappa shape index (κ3) is 3.87. The molecule has 1 aliphatic heterocycles. The Morgan fingerprint density at radius 3 is 2.91 bits per heavy atom. The van der Waals surface area contributed by atoms with Crippen molar-refractivity contribution in [1.82, 2.24) is 14.8 Å². The highest BCUT2D eigenvalue weighted by Crippen LogP contribution is 2.17. The van der Waals surface area contributed by atoms with Gasteiger partial charge in [0.2, 0.25) is 0 Å². The van der Waals surface area contributed by atoms with Crippen molar-refractivity contribution in [2.24, 2.45) is 5.92 Å². The molecule has 1 saturated heterocycles. The van der Waals surface area contributed by atoms with Gasteiger partial charge in [0, 0.05) is 45.0 Å². The molecule has 0 saturated carbocycles. The van der Waals surface area contributed by atoms with Gasteiger partial charge < -0.3 is 15.0 Å². The van der Waals surface area contributed by atoms with E-state index >= 15 is 0 Å². The summed E-state index contributed by atoms with van der Waals surface area (Å²) in [4.78, 5) is 19.6. The Morgan fingerprint density at radius 2 is 2.32 bits per heavy atom. The molecule has 1 unspecified atom stereocenters. The number of nitrogens with zero attached hydrogens (tertiary/aromatic N) is 3. The summed E-state index contributed by atoms with van der Waals surface area (Å²) in [5, 5.41) is 18.1. The molecule has 6 nitrogen and oxygen atoms in total. The first kappa shape index (κ1) is 16.5. The lowest BCUT2D eigenvalue weighted by molar-refractivity contribution is 0.0381. The molecule has 0 aromatic carbocycles. The highest BCUT2D eigenvalue weighted by molar-refractivity contribution is 5.93. The summed E-state index contributed by atoms with van der Waals surface area (Å²) in [6, 6.07) is 3.80. The van der Waals surface area contributed by atoms with Crippen LogP contribution in [-0.2, 0) is 0 Å². The summed E-state index contributed by atoms with van der Waals surface area (Å²) in [5.41, 5.74) is 0.922. The molecule has 0 radical (unpaired) electrons. The van der Waals surface area contributed by atoms with Crippen molar-refractivity contribution < 1.29 is 9.90 Å². The smallest absolute Gasteiger partial charge is 0.270 e. The fourth-order valence-electron chi connectivity index (χ4n) is 2.96. The molecular weight excluding hydrogens is 280 g/mol. The van der Waals surface area contributed by atoms with Crippen LogP contribution in [-0.4, -0.2) is 64.6 Å². The number of rotatable bonds is 5. The lowest BCUT2D eigenvalue weighted by atomic mass is 10.1. The molecule has 22 heavy (non-hydrogen) atoms. The van der Waals surface area contributed by atoms with Gasteiger partial charge in [0.15, 0.2) is 0 Å². The third-order valence-corrected chi connectivity index (χ3v) is 4.00. The summed E-state index contributed by atoms with van der Waals surface area (Å²) in [7, 11) is 0. The number of piperazine rings is 1. The second-order valence-electron chi connectivity index (χ2n) is 6.22. The molecule has 1 amide bonds. The van der Waals surface area contributed by atoms with Crippen LogP contribution in [0.25, 0.3) is 0 Å². The standard InChI is InChI=1S/C16H24N4O2/c1-12(2)10-19-4-5-20(11-14(19)3-6-21)16(22)15-7-13(8-17)9-18-15/h7,9,12,14,18,21H,3-6,10-11H2,1-2H3. The maximum atomic E-state index is 12.5. The number of nitriles is 1. The Bertz CT molecular complexity index is 547. The molecule has 2 N–H and O–H groups in total. The van der Waals surface area contributed by atoms with E-state index < -0.39 is 0 Å². The molecule has 0 bridgehead atoms. The normalized spacial score (nSPS) is 19.4. The van der Waals surface area contributed by atoms with Gasteiger partial charge >= 0.3 is 0 Å².